The topological polar surface area (TPSA) is 35.2 Å². The van der Waals surface area contributed by atoms with E-state index < -0.39 is 0 Å². The first kappa shape index (κ1) is 15.6. The van der Waals surface area contributed by atoms with Crippen molar-refractivity contribution in [1.82, 2.24) is 0 Å². The first-order valence-electron chi connectivity index (χ1n) is 7.64. The van der Waals surface area contributed by atoms with Crippen LogP contribution in [-0.2, 0) is 6.42 Å². The van der Waals surface area contributed by atoms with Gasteiger partial charge in [-0.3, -0.25) is 0 Å². The van der Waals surface area contributed by atoms with Crippen LogP contribution in [0.2, 0.25) is 0 Å². The second-order valence-corrected chi connectivity index (χ2v) is 5.58. The zero-order chi connectivity index (χ0) is 15.2. The predicted molar refractivity (Wildman–Crippen MR) is 88.8 cm³/mol. The Bertz CT molecular complexity index is 575. The van der Waals surface area contributed by atoms with Crippen LogP contribution in [0.5, 0.6) is 5.75 Å². The molecular weight excluding hydrogens is 258 g/mol. The van der Waals surface area contributed by atoms with Crippen molar-refractivity contribution in [2.75, 3.05) is 6.61 Å². The average molecular weight is 283 g/mol. The fourth-order valence-electron chi connectivity index (χ4n) is 2.56. The maximum Gasteiger partial charge on any atom is 0.119 e. The minimum Gasteiger partial charge on any atom is -0.494 e. The van der Waals surface area contributed by atoms with E-state index in [-0.39, 0.29) is 6.04 Å². The fourth-order valence-corrected chi connectivity index (χ4v) is 2.56. The monoisotopic (exact) mass is 283 g/mol. The third-order valence-electron chi connectivity index (χ3n) is 3.81. The fraction of sp³-hybridized carbons (Fsp3) is 0.368. The molecule has 0 bridgehead atoms. The molecule has 1 unspecified atom stereocenters. The molecule has 0 heterocycles. The number of nitrogens with two attached hydrogens (primary N) is 1. The van der Waals surface area contributed by atoms with Crippen LogP contribution in [0, 0.1) is 13.8 Å². The van der Waals surface area contributed by atoms with E-state index in [0.717, 1.165) is 18.6 Å². The summed E-state index contributed by atoms with van der Waals surface area (Å²) in [4.78, 5) is 0. The van der Waals surface area contributed by atoms with Gasteiger partial charge in [0.25, 0.3) is 0 Å². The molecule has 21 heavy (non-hydrogen) atoms. The van der Waals surface area contributed by atoms with Gasteiger partial charge in [-0.25, -0.2) is 0 Å². The number of hydrogen-bond acceptors (Lipinski definition) is 2. The lowest BCUT2D eigenvalue weighted by Gasteiger charge is -2.15. The second kappa shape index (κ2) is 7.28. The third-order valence-corrected chi connectivity index (χ3v) is 3.81. The highest BCUT2D eigenvalue weighted by Crippen LogP contribution is 2.22. The highest BCUT2D eigenvalue weighted by atomic mass is 16.5. The van der Waals surface area contributed by atoms with E-state index in [2.05, 4.69) is 44.2 Å². The smallest absolute Gasteiger partial charge is 0.119 e. The predicted octanol–water partition coefficient (Wildman–Crippen LogP) is 4.33. The lowest BCUT2D eigenvalue weighted by molar-refractivity contribution is 0.340. The molecule has 0 aliphatic carbocycles. The van der Waals surface area contributed by atoms with Crippen LogP contribution in [0.1, 0.15) is 41.6 Å². The molecule has 112 valence electrons. The number of ether oxygens (including phenoxy) is 1. The van der Waals surface area contributed by atoms with Gasteiger partial charge in [0.15, 0.2) is 0 Å². The Kier molecular flexibility index (Phi) is 5.40. The lowest BCUT2D eigenvalue weighted by atomic mass is 9.95. The third kappa shape index (κ3) is 4.33. The molecule has 2 nitrogen and oxygen atoms in total. The van der Waals surface area contributed by atoms with Crippen molar-refractivity contribution in [3.8, 4) is 5.75 Å². The van der Waals surface area contributed by atoms with Crippen LogP contribution in [0.4, 0.5) is 0 Å². The van der Waals surface area contributed by atoms with Crippen molar-refractivity contribution in [2.24, 2.45) is 5.73 Å². The molecular formula is C19H25NO. The molecule has 2 aromatic carbocycles. The van der Waals surface area contributed by atoms with Gasteiger partial charge in [0.1, 0.15) is 5.75 Å². The molecule has 0 saturated heterocycles. The average Bonchev–Trinajstić information content (AvgIpc) is 2.49. The summed E-state index contributed by atoms with van der Waals surface area (Å²) < 4.78 is 5.46. The minimum atomic E-state index is 0.0940. The summed E-state index contributed by atoms with van der Waals surface area (Å²) in [6, 6.07) is 14.9. The van der Waals surface area contributed by atoms with Crippen molar-refractivity contribution in [3.63, 3.8) is 0 Å². The Labute approximate surface area is 127 Å². The molecule has 0 aromatic heterocycles. The molecule has 0 aliphatic heterocycles. The summed E-state index contributed by atoms with van der Waals surface area (Å²) >= 11 is 0. The highest BCUT2D eigenvalue weighted by Gasteiger charge is 2.09. The summed E-state index contributed by atoms with van der Waals surface area (Å²) in [5.74, 6) is 0.931. The maximum atomic E-state index is 6.37. The van der Waals surface area contributed by atoms with Gasteiger partial charge in [0.2, 0.25) is 0 Å². The molecule has 0 spiro atoms. The van der Waals surface area contributed by atoms with Gasteiger partial charge in [-0.2, -0.15) is 0 Å². The lowest BCUT2D eigenvalue weighted by Crippen LogP contribution is -2.13. The summed E-state index contributed by atoms with van der Waals surface area (Å²) in [5, 5.41) is 0. The molecule has 0 fully saturated rings. The number of hydrogen-bond donors (Lipinski definition) is 1. The molecule has 2 aromatic rings. The Morgan fingerprint density at radius 1 is 1.05 bits per heavy atom. The molecule has 2 heteroatoms. The van der Waals surface area contributed by atoms with E-state index in [0.29, 0.717) is 6.61 Å². The van der Waals surface area contributed by atoms with Crippen molar-refractivity contribution in [1.29, 1.82) is 0 Å². The molecule has 0 saturated carbocycles. The van der Waals surface area contributed by atoms with E-state index in [1.165, 1.54) is 22.3 Å². The molecule has 0 aliphatic rings. The van der Waals surface area contributed by atoms with Gasteiger partial charge >= 0.3 is 0 Å². The number of rotatable bonds is 6. The second-order valence-electron chi connectivity index (χ2n) is 5.58. The van der Waals surface area contributed by atoms with Crippen molar-refractivity contribution in [2.45, 2.75) is 39.7 Å². The highest BCUT2D eigenvalue weighted by molar-refractivity contribution is 5.33. The Balaban J connectivity index is 1.97. The molecule has 1 atom stereocenters. The summed E-state index contributed by atoms with van der Waals surface area (Å²) in [6.45, 7) is 6.95. The van der Waals surface area contributed by atoms with Crippen LogP contribution in [0.15, 0.2) is 42.5 Å². The Morgan fingerprint density at radius 2 is 1.76 bits per heavy atom. The van der Waals surface area contributed by atoms with Crippen molar-refractivity contribution in [3.05, 3.63) is 64.7 Å². The molecule has 2 N–H and O–H groups in total. The summed E-state index contributed by atoms with van der Waals surface area (Å²) in [7, 11) is 0. The molecule has 0 radical (unpaired) electrons. The summed E-state index contributed by atoms with van der Waals surface area (Å²) in [5.41, 5.74) is 11.5. The Morgan fingerprint density at radius 3 is 2.43 bits per heavy atom. The number of benzene rings is 2. The number of aryl methyl sites for hydroxylation is 3. The summed E-state index contributed by atoms with van der Waals surface area (Å²) in [6.07, 6.45) is 1.94. The van der Waals surface area contributed by atoms with Gasteiger partial charge < -0.3 is 10.5 Å². The standard InChI is InChI=1S/C19H25NO/c1-4-21-17-10-7-16(8-11-17)9-12-19(20)18-13-14(2)5-6-15(18)3/h5-8,10-11,13,19H,4,9,12,20H2,1-3H3. The van der Waals surface area contributed by atoms with Gasteiger partial charge in [-0.15, -0.1) is 0 Å². The van der Waals surface area contributed by atoms with E-state index in [9.17, 15) is 0 Å². The van der Waals surface area contributed by atoms with Gasteiger partial charge in [-0.1, -0.05) is 35.9 Å². The van der Waals surface area contributed by atoms with Gasteiger partial charge in [-0.05, 0) is 62.4 Å². The van der Waals surface area contributed by atoms with Crippen LogP contribution in [0.25, 0.3) is 0 Å². The zero-order valence-corrected chi connectivity index (χ0v) is 13.2. The largest absolute Gasteiger partial charge is 0.494 e. The van der Waals surface area contributed by atoms with Gasteiger partial charge in [0, 0.05) is 6.04 Å². The zero-order valence-electron chi connectivity index (χ0n) is 13.2. The van der Waals surface area contributed by atoms with E-state index in [1.54, 1.807) is 0 Å². The normalized spacial score (nSPS) is 12.2. The molecule has 2 rings (SSSR count). The van der Waals surface area contributed by atoms with E-state index >= 15 is 0 Å². The van der Waals surface area contributed by atoms with Crippen LogP contribution in [-0.4, -0.2) is 6.61 Å². The van der Waals surface area contributed by atoms with Crippen LogP contribution in [0.3, 0.4) is 0 Å². The van der Waals surface area contributed by atoms with Gasteiger partial charge in [0.05, 0.1) is 6.61 Å². The van der Waals surface area contributed by atoms with E-state index in [4.69, 9.17) is 10.5 Å². The minimum absolute atomic E-state index is 0.0940. The van der Waals surface area contributed by atoms with Crippen molar-refractivity contribution >= 4 is 0 Å². The Hall–Kier alpha value is -1.80. The van der Waals surface area contributed by atoms with Crippen LogP contribution >= 0.6 is 0 Å². The van der Waals surface area contributed by atoms with E-state index in [1.807, 2.05) is 19.1 Å². The first-order chi connectivity index (χ1) is 10.1. The SMILES string of the molecule is CCOc1ccc(CCC(N)c2cc(C)ccc2C)cc1. The van der Waals surface area contributed by atoms with Crippen molar-refractivity contribution < 1.29 is 4.74 Å². The first-order valence-corrected chi connectivity index (χ1v) is 7.64. The quantitative estimate of drug-likeness (QED) is 0.856. The maximum absolute atomic E-state index is 6.37. The molecule has 0 amide bonds. The van der Waals surface area contributed by atoms with Crippen LogP contribution < -0.4 is 10.5 Å².